The van der Waals surface area contributed by atoms with Crippen molar-refractivity contribution < 1.29 is 22.9 Å². The van der Waals surface area contributed by atoms with Crippen molar-refractivity contribution in [2.75, 3.05) is 5.75 Å². The van der Waals surface area contributed by atoms with Crippen LogP contribution in [0.1, 0.15) is 200 Å². The van der Waals surface area contributed by atoms with E-state index in [9.17, 15) is 22.9 Å². The zero-order valence-electron chi connectivity index (χ0n) is 31.4. The van der Waals surface area contributed by atoms with Crippen LogP contribution in [0.2, 0.25) is 0 Å². The fourth-order valence-electron chi connectivity index (χ4n) is 6.01. The van der Waals surface area contributed by atoms with Gasteiger partial charge in [-0.25, -0.2) is 0 Å². The van der Waals surface area contributed by atoms with E-state index in [1.165, 1.54) is 135 Å². The Kier molecular flexibility index (Phi) is 34.3. The molecule has 1 amide bonds. The number of unbranched alkanes of at least 4 members (excludes halogenated alkanes) is 24. The molecule has 6 nitrogen and oxygen atoms in total. The second-order valence-electron chi connectivity index (χ2n) is 13.9. The van der Waals surface area contributed by atoms with E-state index in [-0.39, 0.29) is 5.91 Å². The summed E-state index contributed by atoms with van der Waals surface area (Å²) in [5, 5.41) is 13.2. The first kappa shape index (κ1) is 46.6. The number of carbonyl (C=O) groups is 1. The molecule has 0 aromatic heterocycles. The van der Waals surface area contributed by atoms with E-state index in [1.807, 2.05) is 6.08 Å². The van der Waals surface area contributed by atoms with E-state index >= 15 is 0 Å². The average Bonchev–Trinajstić information content (AvgIpc) is 3.05. The van der Waals surface area contributed by atoms with Gasteiger partial charge in [0.2, 0.25) is 5.91 Å². The molecule has 2 unspecified atom stereocenters. The largest absolute Gasteiger partial charge is 0.387 e. The second kappa shape index (κ2) is 35.4. The third-order valence-electron chi connectivity index (χ3n) is 9.06. The minimum atomic E-state index is -4.34. The Labute approximate surface area is 297 Å². The molecule has 0 rings (SSSR count). The number of hydrogen-bond acceptors (Lipinski definition) is 4. The van der Waals surface area contributed by atoms with E-state index in [2.05, 4.69) is 43.5 Å². The van der Waals surface area contributed by atoms with E-state index in [0.717, 1.165) is 44.9 Å². The Bertz CT molecular complexity index is 899. The van der Waals surface area contributed by atoms with Gasteiger partial charge in [-0.2, -0.15) is 8.42 Å². The number of aliphatic hydroxyl groups excluding tert-OH is 1. The first-order valence-corrected chi connectivity index (χ1v) is 21.8. The van der Waals surface area contributed by atoms with Crippen LogP contribution in [0.3, 0.4) is 0 Å². The fraction of sp³-hybridized carbons (Fsp3) is 0.829. The molecule has 282 valence electrons. The van der Waals surface area contributed by atoms with Gasteiger partial charge in [-0.05, 0) is 51.4 Å². The Morgan fingerprint density at radius 1 is 0.562 bits per heavy atom. The van der Waals surface area contributed by atoms with Crippen molar-refractivity contribution in [3.63, 3.8) is 0 Å². The van der Waals surface area contributed by atoms with Gasteiger partial charge in [-0.15, -0.1) is 0 Å². The van der Waals surface area contributed by atoms with Crippen LogP contribution < -0.4 is 5.32 Å². The van der Waals surface area contributed by atoms with Gasteiger partial charge in [0.15, 0.2) is 0 Å². The number of carbonyl (C=O) groups excluding carboxylic acids is 1. The highest BCUT2D eigenvalue weighted by molar-refractivity contribution is 7.85. The molecule has 0 radical (unpaired) electrons. The van der Waals surface area contributed by atoms with E-state index in [1.54, 1.807) is 6.08 Å². The van der Waals surface area contributed by atoms with Crippen LogP contribution >= 0.6 is 0 Å². The lowest BCUT2D eigenvalue weighted by atomic mass is 10.0. The van der Waals surface area contributed by atoms with Gasteiger partial charge in [0.25, 0.3) is 10.1 Å². The molecule has 48 heavy (non-hydrogen) atoms. The first-order chi connectivity index (χ1) is 23.3. The molecule has 0 heterocycles. The first-order valence-electron chi connectivity index (χ1n) is 20.2. The normalized spacial score (nSPS) is 13.7. The molecular formula is C41H77NO5S. The summed E-state index contributed by atoms with van der Waals surface area (Å²) >= 11 is 0. The van der Waals surface area contributed by atoms with Crippen molar-refractivity contribution in [1.29, 1.82) is 0 Å². The number of aliphatic hydroxyl groups is 1. The van der Waals surface area contributed by atoms with Crippen LogP contribution in [-0.2, 0) is 14.9 Å². The molecule has 0 spiro atoms. The summed E-state index contributed by atoms with van der Waals surface area (Å²) in [6.45, 7) is 4.50. The summed E-state index contributed by atoms with van der Waals surface area (Å²) in [7, 11) is -4.34. The van der Waals surface area contributed by atoms with E-state index in [0.29, 0.717) is 6.42 Å². The van der Waals surface area contributed by atoms with Crippen molar-refractivity contribution >= 4 is 16.0 Å². The minimum absolute atomic E-state index is 0.284. The van der Waals surface area contributed by atoms with E-state index < -0.39 is 28.0 Å². The topological polar surface area (TPSA) is 104 Å². The van der Waals surface area contributed by atoms with Crippen molar-refractivity contribution in [2.24, 2.45) is 0 Å². The zero-order chi connectivity index (χ0) is 35.4. The number of nitrogens with one attached hydrogen (secondary N) is 1. The molecule has 0 aromatic carbocycles. The van der Waals surface area contributed by atoms with Crippen LogP contribution in [0.5, 0.6) is 0 Å². The maximum absolute atomic E-state index is 12.5. The van der Waals surface area contributed by atoms with Crippen LogP contribution in [0.25, 0.3) is 0 Å². The molecule has 0 aliphatic heterocycles. The van der Waals surface area contributed by atoms with Gasteiger partial charge >= 0.3 is 0 Å². The maximum atomic E-state index is 12.5. The Morgan fingerprint density at radius 3 is 1.35 bits per heavy atom. The molecule has 0 bridgehead atoms. The highest BCUT2D eigenvalue weighted by Gasteiger charge is 2.24. The van der Waals surface area contributed by atoms with Crippen LogP contribution in [0.15, 0.2) is 36.5 Å². The fourth-order valence-corrected chi connectivity index (χ4v) is 6.74. The quantitative estimate of drug-likeness (QED) is 0.0344. The van der Waals surface area contributed by atoms with Gasteiger partial charge in [0, 0.05) is 6.42 Å². The molecule has 0 aromatic rings. The van der Waals surface area contributed by atoms with Crippen LogP contribution in [0, 0.1) is 0 Å². The molecule has 0 aliphatic carbocycles. The molecule has 0 saturated heterocycles. The number of amides is 1. The lowest BCUT2D eigenvalue weighted by Crippen LogP contribution is -2.46. The van der Waals surface area contributed by atoms with Crippen molar-refractivity contribution in [2.45, 2.75) is 212 Å². The van der Waals surface area contributed by atoms with Gasteiger partial charge < -0.3 is 10.4 Å². The molecule has 2 atom stereocenters. The molecule has 0 saturated carbocycles. The summed E-state index contributed by atoms with van der Waals surface area (Å²) in [6, 6.07) is -1.06. The van der Waals surface area contributed by atoms with Crippen molar-refractivity contribution in [3.05, 3.63) is 36.5 Å². The van der Waals surface area contributed by atoms with Crippen molar-refractivity contribution in [3.8, 4) is 0 Å². The molecular weight excluding hydrogens is 619 g/mol. The summed E-state index contributed by atoms with van der Waals surface area (Å²) in [6.07, 6.45) is 45.6. The van der Waals surface area contributed by atoms with Gasteiger partial charge in [0.1, 0.15) is 0 Å². The van der Waals surface area contributed by atoms with Gasteiger partial charge in [-0.1, -0.05) is 179 Å². The van der Waals surface area contributed by atoms with Crippen LogP contribution in [0.4, 0.5) is 0 Å². The summed E-state index contributed by atoms with van der Waals surface area (Å²) in [4.78, 5) is 12.5. The Balaban J connectivity index is 3.89. The standard InChI is InChI=1S/C41H77NO5S/c1-3-5-7-9-11-13-15-17-18-19-20-21-22-23-24-25-27-29-31-33-35-37-41(44)42-39(38-48(45,46)47)40(43)36-34-32-30-28-26-16-14-12-10-8-6-4-2/h15,17,19-20,34,36,39-40,43H,3-14,16,18,21-33,35,37-38H2,1-2H3,(H,42,44)(H,45,46,47)/b17-15-,20-19-,36-34+. The zero-order valence-corrected chi connectivity index (χ0v) is 32.2. The monoisotopic (exact) mass is 696 g/mol. The van der Waals surface area contributed by atoms with Crippen LogP contribution in [-0.4, -0.2) is 41.9 Å². The average molecular weight is 696 g/mol. The summed E-state index contributed by atoms with van der Waals surface area (Å²) in [5.41, 5.74) is 0. The maximum Gasteiger partial charge on any atom is 0.267 e. The summed E-state index contributed by atoms with van der Waals surface area (Å²) in [5.74, 6) is -0.983. The highest BCUT2D eigenvalue weighted by atomic mass is 32.2. The van der Waals surface area contributed by atoms with Crippen molar-refractivity contribution in [1.82, 2.24) is 5.32 Å². The molecule has 3 N–H and O–H groups in total. The molecule has 0 fully saturated rings. The SMILES string of the molecule is CCCCCCC/C=C\C/C=C\CCCCCCCCCCCC(=O)NC(CS(=O)(=O)O)C(O)/C=C/CCCCCCCCCCCC. The van der Waals surface area contributed by atoms with Gasteiger partial charge in [0.05, 0.1) is 17.9 Å². The Hall–Kier alpha value is -1.44. The predicted octanol–water partition coefficient (Wildman–Crippen LogP) is 11.7. The predicted molar refractivity (Wildman–Crippen MR) is 207 cm³/mol. The molecule has 0 aliphatic rings. The summed E-state index contributed by atoms with van der Waals surface area (Å²) < 4.78 is 32.4. The third-order valence-corrected chi connectivity index (χ3v) is 9.84. The number of hydrogen-bond donors (Lipinski definition) is 3. The third kappa shape index (κ3) is 35.9. The lowest BCUT2D eigenvalue weighted by molar-refractivity contribution is -0.122. The Morgan fingerprint density at radius 2 is 0.938 bits per heavy atom. The van der Waals surface area contributed by atoms with Gasteiger partial charge in [-0.3, -0.25) is 9.35 Å². The minimum Gasteiger partial charge on any atom is -0.387 e. The number of allylic oxidation sites excluding steroid dienone is 5. The second-order valence-corrected chi connectivity index (χ2v) is 15.4. The lowest BCUT2D eigenvalue weighted by Gasteiger charge is -2.21. The number of rotatable bonds is 36. The van der Waals surface area contributed by atoms with E-state index in [4.69, 9.17) is 0 Å². The highest BCUT2D eigenvalue weighted by Crippen LogP contribution is 2.14. The smallest absolute Gasteiger partial charge is 0.267 e. The molecule has 7 heteroatoms.